The van der Waals surface area contributed by atoms with Crippen LogP contribution in [0.4, 0.5) is 10.5 Å². The number of hydrogen-bond acceptors (Lipinski definition) is 6. The average molecular weight is 295 g/mol. The van der Waals surface area contributed by atoms with Crippen LogP contribution < -0.4 is 9.46 Å². The third-order valence-electron chi connectivity index (χ3n) is 1.72. The van der Waals surface area contributed by atoms with Gasteiger partial charge in [0.2, 0.25) is 5.75 Å². The van der Waals surface area contributed by atoms with E-state index in [-0.39, 0.29) is 5.75 Å². The largest absolute Gasteiger partial charge is 0.427 e. The molecule has 1 aromatic rings. The number of ether oxygens (including phenoxy) is 1. The first-order valence-electron chi connectivity index (χ1n) is 4.38. The summed E-state index contributed by atoms with van der Waals surface area (Å²) < 4.78 is 26.9. The van der Waals surface area contributed by atoms with Crippen LogP contribution in [-0.2, 0) is 9.24 Å². The highest BCUT2D eigenvalue weighted by Gasteiger charge is 2.20. The van der Waals surface area contributed by atoms with Crippen molar-refractivity contribution >= 4 is 31.7 Å². The number of amides is 1. The number of hydrogen-bond donors (Lipinski definition) is 1. The molecule has 0 aliphatic rings. The minimum absolute atomic E-state index is 0.377. The SMILES string of the molecule is Cc1ccc([N+](=O)[O-])c(OC(=O)NS(=O)(=O)Cl)c1. The zero-order valence-corrected chi connectivity index (χ0v) is 10.5. The van der Waals surface area contributed by atoms with E-state index < -0.39 is 25.9 Å². The van der Waals surface area contributed by atoms with Crippen molar-refractivity contribution in [3.05, 3.63) is 33.9 Å². The fourth-order valence-electron chi connectivity index (χ4n) is 1.07. The van der Waals surface area contributed by atoms with E-state index in [0.717, 1.165) is 6.07 Å². The number of halogens is 1. The van der Waals surface area contributed by atoms with Gasteiger partial charge in [0, 0.05) is 16.7 Å². The lowest BCUT2D eigenvalue weighted by molar-refractivity contribution is -0.385. The van der Waals surface area contributed by atoms with Gasteiger partial charge in [0.05, 0.1) is 4.92 Å². The van der Waals surface area contributed by atoms with Crippen molar-refractivity contribution in [1.29, 1.82) is 0 Å². The molecule has 0 aliphatic carbocycles. The monoisotopic (exact) mass is 294 g/mol. The predicted molar refractivity (Wildman–Crippen MR) is 61.8 cm³/mol. The number of rotatable bonds is 3. The molecule has 0 aromatic heterocycles. The zero-order chi connectivity index (χ0) is 13.9. The molecule has 0 aliphatic heterocycles. The maximum absolute atomic E-state index is 11.1. The van der Waals surface area contributed by atoms with Gasteiger partial charge in [-0.3, -0.25) is 10.1 Å². The van der Waals surface area contributed by atoms with E-state index in [9.17, 15) is 23.3 Å². The van der Waals surface area contributed by atoms with Crippen LogP contribution in [0.25, 0.3) is 0 Å². The molecule has 0 atom stereocenters. The molecule has 1 aromatic carbocycles. The Kier molecular flexibility index (Phi) is 4.09. The molecule has 0 bridgehead atoms. The van der Waals surface area contributed by atoms with Gasteiger partial charge >= 0.3 is 21.0 Å². The molecule has 0 spiro atoms. The number of aryl methyl sites for hydroxylation is 1. The Morgan fingerprint density at radius 2 is 2.11 bits per heavy atom. The highest BCUT2D eigenvalue weighted by Crippen LogP contribution is 2.27. The topological polar surface area (TPSA) is 116 Å². The second-order valence-electron chi connectivity index (χ2n) is 3.16. The summed E-state index contributed by atoms with van der Waals surface area (Å²) in [6, 6.07) is 3.80. The van der Waals surface area contributed by atoms with Gasteiger partial charge in [-0.15, -0.1) is 0 Å². The van der Waals surface area contributed by atoms with Gasteiger partial charge in [-0.1, -0.05) is 6.07 Å². The molecular formula is C8H7ClN2O6S. The number of nitrogens with zero attached hydrogens (tertiary/aromatic N) is 1. The van der Waals surface area contributed by atoms with E-state index in [4.69, 9.17) is 10.7 Å². The van der Waals surface area contributed by atoms with E-state index in [0.29, 0.717) is 5.56 Å². The molecule has 98 valence electrons. The third-order valence-corrected chi connectivity index (χ3v) is 2.36. The van der Waals surface area contributed by atoms with Crippen LogP contribution in [0.1, 0.15) is 5.56 Å². The van der Waals surface area contributed by atoms with Crippen molar-refractivity contribution in [3.63, 3.8) is 0 Å². The molecule has 18 heavy (non-hydrogen) atoms. The van der Waals surface area contributed by atoms with Gasteiger partial charge in [-0.2, -0.15) is 8.42 Å². The Labute approximate surface area is 106 Å². The van der Waals surface area contributed by atoms with Crippen LogP contribution in [0.3, 0.4) is 0 Å². The highest BCUT2D eigenvalue weighted by molar-refractivity contribution is 8.12. The Balaban J connectivity index is 3.00. The molecular weight excluding hydrogens is 288 g/mol. The molecule has 0 radical (unpaired) electrons. The maximum Gasteiger partial charge on any atom is 0.427 e. The van der Waals surface area contributed by atoms with Gasteiger partial charge in [-0.25, -0.2) is 9.52 Å². The molecule has 10 heteroatoms. The quantitative estimate of drug-likeness (QED) is 0.513. The number of nitro benzene ring substituents is 1. The Morgan fingerprint density at radius 3 is 2.61 bits per heavy atom. The summed E-state index contributed by atoms with van der Waals surface area (Å²) in [6.07, 6.45) is -1.43. The van der Waals surface area contributed by atoms with Crippen molar-refractivity contribution in [2.24, 2.45) is 0 Å². The number of nitro groups is 1. The lowest BCUT2D eigenvalue weighted by Crippen LogP contribution is -2.29. The molecule has 8 nitrogen and oxygen atoms in total. The highest BCUT2D eigenvalue weighted by atomic mass is 35.7. The standard InChI is InChI=1S/C8H7ClN2O6S/c1-5-2-3-6(11(13)14)7(4-5)17-8(12)10-18(9,15)16/h2-4H,1H3,(H,10,12). The first kappa shape index (κ1) is 14.2. The van der Waals surface area contributed by atoms with E-state index in [1.807, 2.05) is 0 Å². The maximum atomic E-state index is 11.1. The second-order valence-corrected chi connectivity index (χ2v) is 5.46. The molecule has 1 rings (SSSR count). The van der Waals surface area contributed by atoms with Gasteiger partial charge in [0.1, 0.15) is 0 Å². The summed E-state index contributed by atoms with van der Waals surface area (Å²) in [5.41, 5.74) is 0.125. The van der Waals surface area contributed by atoms with Crippen molar-refractivity contribution < 1.29 is 22.9 Å². The number of carbonyl (C=O) groups is 1. The van der Waals surface area contributed by atoms with Crippen LogP contribution in [0, 0.1) is 17.0 Å². The van der Waals surface area contributed by atoms with Gasteiger partial charge < -0.3 is 4.74 Å². The third kappa shape index (κ3) is 4.18. The van der Waals surface area contributed by atoms with Crippen LogP contribution >= 0.6 is 10.7 Å². The average Bonchev–Trinajstić information content (AvgIpc) is 2.13. The molecule has 1 N–H and O–H groups in total. The Morgan fingerprint density at radius 1 is 1.50 bits per heavy atom. The minimum atomic E-state index is -4.31. The minimum Gasteiger partial charge on any atom is -0.402 e. The van der Waals surface area contributed by atoms with Crippen molar-refractivity contribution in [1.82, 2.24) is 4.72 Å². The second kappa shape index (κ2) is 5.19. The van der Waals surface area contributed by atoms with Gasteiger partial charge in [0.15, 0.2) is 0 Å². The molecule has 0 heterocycles. The van der Waals surface area contributed by atoms with Crippen LogP contribution in [-0.4, -0.2) is 19.4 Å². The number of carbonyl (C=O) groups excluding carboxylic acids is 1. The summed E-state index contributed by atoms with van der Waals surface area (Å²) in [7, 11) is 0.445. The summed E-state index contributed by atoms with van der Waals surface area (Å²) in [4.78, 5) is 21.0. The summed E-state index contributed by atoms with van der Waals surface area (Å²) in [5.74, 6) is -0.377. The lowest BCUT2D eigenvalue weighted by Gasteiger charge is -2.05. The Hall–Kier alpha value is -1.87. The molecule has 0 saturated carbocycles. The predicted octanol–water partition coefficient (Wildman–Crippen LogP) is 1.48. The fourth-order valence-corrected chi connectivity index (χ4v) is 1.50. The molecule has 1 amide bonds. The summed E-state index contributed by atoms with van der Waals surface area (Å²) in [5, 5.41) is 10.6. The van der Waals surface area contributed by atoms with Crippen LogP contribution in [0.5, 0.6) is 5.75 Å². The number of benzene rings is 1. The first-order valence-corrected chi connectivity index (χ1v) is 6.69. The van der Waals surface area contributed by atoms with Gasteiger partial charge in [-0.05, 0) is 18.6 Å². The molecule has 0 unspecified atom stereocenters. The lowest BCUT2D eigenvalue weighted by atomic mass is 10.2. The summed E-state index contributed by atoms with van der Waals surface area (Å²) in [6.45, 7) is 1.62. The fraction of sp³-hybridized carbons (Fsp3) is 0.125. The van der Waals surface area contributed by atoms with Crippen molar-refractivity contribution in [2.75, 3.05) is 0 Å². The Bertz CT molecular complexity index is 600. The van der Waals surface area contributed by atoms with Crippen LogP contribution in [0.2, 0.25) is 0 Å². The zero-order valence-electron chi connectivity index (χ0n) is 8.91. The van der Waals surface area contributed by atoms with Crippen LogP contribution in [0.15, 0.2) is 18.2 Å². The van der Waals surface area contributed by atoms with E-state index in [1.54, 1.807) is 6.92 Å². The number of nitrogens with one attached hydrogen (secondary N) is 1. The summed E-state index contributed by atoms with van der Waals surface area (Å²) >= 11 is 0. The first-order chi connectivity index (χ1) is 8.19. The normalized spacial score (nSPS) is 10.8. The van der Waals surface area contributed by atoms with E-state index in [1.165, 1.54) is 16.9 Å². The molecule has 0 fully saturated rings. The van der Waals surface area contributed by atoms with Crippen molar-refractivity contribution in [3.8, 4) is 5.75 Å². The smallest absolute Gasteiger partial charge is 0.402 e. The van der Waals surface area contributed by atoms with Gasteiger partial charge in [0.25, 0.3) is 0 Å². The van der Waals surface area contributed by atoms with E-state index in [2.05, 4.69) is 4.74 Å². The van der Waals surface area contributed by atoms with Crippen molar-refractivity contribution in [2.45, 2.75) is 6.92 Å². The molecule has 0 saturated heterocycles. The van der Waals surface area contributed by atoms with E-state index >= 15 is 0 Å².